The van der Waals surface area contributed by atoms with Gasteiger partial charge in [0.05, 0.1) is 12.2 Å². The summed E-state index contributed by atoms with van der Waals surface area (Å²) in [6.07, 6.45) is -0.834. The highest BCUT2D eigenvalue weighted by atomic mass is 16.5. The third-order valence-corrected chi connectivity index (χ3v) is 2.30. The number of alkyl carbamates (subject to hydrolysis) is 1. The molecule has 7 nitrogen and oxygen atoms in total. The molecule has 2 N–H and O–H groups in total. The van der Waals surface area contributed by atoms with Crippen LogP contribution >= 0.6 is 0 Å². The standard InChI is InChI=1S/C13H15NO6/c1-3-19-13(18)14-11(15)7-20-10-5-4-9(12(16)17)6-8(10)2/h4-6H,3,7H2,1-2H3,(H,16,17)(H,14,15,18). The molecule has 1 rings (SSSR count). The minimum absolute atomic E-state index is 0.130. The molecule has 1 aromatic carbocycles. The molecule has 0 spiro atoms. The summed E-state index contributed by atoms with van der Waals surface area (Å²) in [6, 6.07) is 4.26. The number of carboxylic acids is 1. The first kappa shape index (κ1) is 15.5. The number of benzene rings is 1. The summed E-state index contributed by atoms with van der Waals surface area (Å²) in [5, 5.41) is 10.8. The van der Waals surface area contributed by atoms with Crippen LogP contribution in [0.25, 0.3) is 0 Å². The van der Waals surface area contributed by atoms with Gasteiger partial charge in [-0.2, -0.15) is 0 Å². The molecule has 2 amide bonds. The van der Waals surface area contributed by atoms with Crippen molar-refractivity contribution in [3.05, 3.63) is 29.3 Å². The van der Waals surface area contributed by atoms with Gasteiger partial charge in [-0.15, -0.1) is 0 Å². The van der Waals surface area contributed by atoms with E-state index in [0.717, 1.165) is 0 Å². The number of imide groups is 1. The SMILES string of the molecule is CCOC(=O)NC(=O)COc1ccc(C(=O)O)cc1C. The second-order valence-electron chi connectivity index (χ2n) is 3.84. The number of aromatic carboxylic acids is 1. The average Bonchev–Trinajstić information content (AvgIpc) is 2.37. The molecule has 0 aromatic heterocycles. The summed E-state index contributed by atoms with van der Waals surface area (Å²) in [7, 11) is 0. The maximum Gasteiger partial charge on any atom is 0.413 e. The molecule has 108 valence electrons. The molecule has 7 heteroatoms. The number of carboxylic acid groups (broad SMARTS) is 1. The number of ether oxygens (including phenoxy) is 2. The monoisotopic (exact) mass is 281 g/mol. The Balaban J connectivity index is 2.55. The molecule has 0 aliphatic heterocycles. The molecule has 0 unspecified atom stereocenters. The van der Waals surface area contributed by atoms with Crippen molar-refractivity contribution in [2.45, 2.75) is 13.8 Å². The van der Waals surface area contributed by atoms with Gasteiger partial charge in [0.1, 0.15) is 5.75 Å². The molecule has 0 aliphatic carbocycles. The van der Waals surface area contributed by atoms with Gasteiger partial charge in [-0.05, 0) is 37.6 Å². The van der Waals surface area contributed by atoms with E-state index in [1.54, 1.807) is 13.8 Å². The summed E-state index contributed by atoms with van der Waals surface area (Å²) in [5.41, 5.74) is 0.708. The van der Waals surface area contributed by atoms with Gasteiger partial charge in [0.15, 0.2) is 6.61 Å². The van der Waals surface area contributed by atoms with Crippen molar-refractivity contribution < 1.29 is 29.0 Å². The summed E-state index contributed by atoms with van der Waals surface area (Å²) < 4.78 is 9.74. The van der Waals surface area contributed by atoms with E-state index >= 15 is 0 Å². The number of nitrogens with one attached hydrogen (secondary N) is 1. The molecule has 20 heavy (non-hydrogen) atoms. The van der Waals surface area contributed by atoms with E-state index in [0.29, 0.717) is 11.3 Å². The van der Waals surface area contributed by atoms with Gasteiger partial charge in [-0.25, -0.2) is 9.59 Å². The summed E-state index contributed by atoms with van der Waals surface area (Å²) in [5.74, 6) is -1.32. The van der Waals surface area contributed by atoms with Crippen molar-refractivity contribution in [1.29, 1.82) is 0 Å². The lowest BCUT2D eigenvalue weighted by Gasteiger charge is -2.09. The fourth-order valence-corrected chi connectivity index (χ4v) is 1.40. The quantitative estimate of drug-likeness (QED) is 0.844. The zero-order valence-corrected chi connectivity index (χ0v) is 11.1. The van der Waals surface area contributed by atoms with Gasteiger partial charge in [0.2, 0.25) is 0 Å². The van der Waals surface area contributed by atoms with E-state index in [4.69, 9.17) is 9.84 Å². The van der Waals surface area contributed by atoms with Gasteiger partial charge in [0.25, 0.3) is 5.91 Å². The highest BCUT2D eigenvalue weighted by molar-refractivity contribution is 5.92. The Morgan fingerprint density at radius 1 is 1.30 bits per heavy atom. The smallest absolute Gasteiger partial charge is 0.413 e. The van der Waals surface area contributed by atoms with Crippen LogP contribution in [0.4, 0.5) is 4.79 Å². The number of amides is 2. The number of carbonyl (C=O) groups excluding carboxylic acids is 2. The maximum absolute atomic E-state index is 11.4. The van der Waals surface area contributed by atoms with Gasteiger partial charge >= 0.3 is 12.1 Å². The van der Waals surface area contributed by atoms with Crippen molar-refractivity contribution in [1.82, 2.24) is 5.32 Å². The molecule has 0 fully saturated rings. The van der Waals surface area contributed by atoms with Gasteiger partial charge in [-0.3, -0.25) is 10.1 Å². The second kappa shape index (κ2) is 7.13. The van der Waals surface area contributed by atoms with Gasteiger partial charge < -0.3 is 14.6 Å². The first-order valence-electron chi connectivity index (χ1n) is 5.87. The molecule has 0 heterocycles. The molecule has 0 saturated carbocycles. The minimum Gasteiger partial charge on any atom is -0.483 e. The number of aryl methyl sites for hydroxylation is 1. The minimum atomic E-state index is -1.04. The Morgan fingerprint density at radius 2 is 2.00 bits per heavy atom. The highest BCUT2D eigenvalue weighted by Gasteiger charge is 2.11. The first-order chi connectivity index (χ1) is 9.43. The normalized spacial score (nSPS) is 9.70. The van der Waals surface area contributed by atoms with Crippen LogP contribution in [-0.2, 0) is 9.53 Å². The number of hydrogen-bond donors (Lipinski definition) is 2. The lowest BCUT2D eigenvalue weighted by Crippen LogP contribution is -2.34. The molecule has 0 bridgehead atoms. The number of carbonyl (C=O) groups is 3. The Labute approximate surface area is 115 Å². The van der Waals surface area contributed by atoms with Crippen LogP contribution in [0, 0.1) is 6.92 Å². The van der Waals surface area contributed by atoms with Crippen LogP contribution < -0.4 is 10.1 Å². The van der Waals surface area contributed by atoms with Crippen LogP contribution in [0.3, 0.4) is 0 Å². The van der Waals surface area contributed by atoms with Crippen LogP contribution in [0.1, 0.15) is 22.8 Å². The fourth-order valence-electron chi connectivity index (χ4n) is 1.40. The van der Waals surface area contributed by atoms with Crippen LogP contribution in [-0.4, -0.2) is 36.3 Å². The van der Waals surface area contributed by atoms with Gasteiger partial charge in [0, 0.05) is 0 Å². The Morgan fingerprint density at radius 3 is 2.55 bits per heavy atom. The van der Waals surface area contributed by atoms with Crippen molar-refractivity contribution in [3.8, 4) is 5.75 Å². The molecule has 0 saturated heterocycles. The maximum atomic E-state index is 11.4. The lowest BCUT2D eigenvalue weighted by molar-refractivity contribution is -0.122. The van der Waals surface area contributed by atoms with E-state index in [9.17, 15) is 14.4 Å². The molecular formula is C13H15NO6. The molecule has 0 atom stereocenters. The second-order valence-corrected chi connectivity index (χ2v) is 3.84. The van der Waals surface area contributed by atoms with Crippen molar-refractivity contribution in [2.75, 3.05) is 13.2 Å². The van der Waals surface area contributed by atoms with E-state index in [-0.39, 0.29) is 18.8 Å². The van der Waals surface area contributed by atoms with Crippen molar-refractivity contribution in [3.63, 3.8) is 0 Å². The molecule has 1 aromatic rings. The largest absolute Gasteiger partial charge is 0.483 e. The van der Waals surface area contributed by atoms with E-state index < -0.39 is 18.0 Å². The Bertz CT molecular complexity index is 526. The van der Waals surface area contributed by atoms with E-state index in [2.05, 4.69) is 4.74 Å². The van der Waals surface area contributed by atoms with E-state index in [1.807, 2.05) is 5.32 Å². The van der Waals surface area contributed by atoms with Crippen molar-refractivity contribution in [2.24, 2.45) is 0 Å². The van der Waals surface area contributed by atoms with Crippen LogP contribution in [0.2, 0.25) is 0 Å². The third-order valence-electron chi connectivity index (χ3n) is 2.30. The predicted octanol–water partition coefficient (Wildman–Crippen LogP) is 1.34. The van der Waals surface area contributed by atoms with Crippen LogP contribution in [0.5, 0.6) is 5.75 Å². The zero-order chi connectivity index (χ0) is 15.1. The first-order valence-corrected chi connectivity index (χ1v) is 5.87. The number of rotatable bonds is 5. The lowest BCUT2D eigenvalue weighted by atomic mass is 10.1. The predicted molar refractivity (Wildman–Crippen MR) is 68.8 cm³/mol. The summed E-state index contributed by atoms with van der Waals surface area (Å²) >= 11 is 0. The Kier molecular flexibility index (Phi) is 5.52. The summed E-state index contributed by atoms with van der Waals surface area (Å²) in [4.78, 5) is 33.1. The third kappa shape index (κ3) is 4.60. The van der Waals surface area contributed by atoms with Crippen molar-refractivity contribution >= 4 is 18.0 Å². The average molecular weight is 281 g/mol. The fraction of sp³-hybridized carbons (Fsp3) is 0.308. The van der Waals surface area contributed by atoms with Gasteiger partial charge in [-0.1, -0.05) is 0 Å². The zero-order valence-electron chi connectivity index (χ0n) is 11.1. The molecule has 0 aliphatic rings. The Hall–Kier alpha value is -2.57. The van der Waals surface area contributed by atoms with E-state index in [1.165, 1.54) is 18.2 Å². The summed E-state index contributed by atoms with van der Waals surface area (Å²) in [6.45, 7) is 3.07. The topological polar surface area (TPSA) is 102 Å². The number of hydrogen-bond acceptors (Lipinski definition) is 5. The highest BCUT2D eigenvalue weighted by Crippen LogP contribution is 2.19. The molecule has 0 radical (unpaired) electrons. The molecular weight excluding hydrogens is 266 g/mol. The van der Waals surface area contributed by atoms with Crippen LogP contribution in [0.15, 0.2) is 18.2 Å².